The van der Waals surface area contributed by atoms with E-state index in [1.807, 2.05) is 0 Å². The summed E-state index contributed by atoms with van der Waals surface area (Å²) in [5.74, 6) is 0.581. The molecule has 1 aromatic heterocycles. The van der Waals surface area contributed by atoms with E-state index in [0.29, 0.717) is 5.92 Å². The van der Waals surface area contributed by atoms with Crippen molar-refractivity contribution in [3.8, 4) is 0 Å². The van der Waals surface area contributed by atoms with Crippen LogP contribution in [0, 0.1) is 0 Å². The maximum atomic E-state index is 4.64. The average molecular weight is 223 g/mol. The number of nitrogens with zero attached hydrogens (tertiary/aromatic N) is 3. The normalized spacial score (nSPS) is 11.7. The van der Waals surface area contributed by atoms with Crippen LogP contribution in [0.5, 0.6) is 0 Å². The van der Waals surface area contributed by atoms with Gasteiger partial charge in [-0.25, -0.2) is 0 Å². The molecule has 0 atom stereocenters. The third-order valence-electron chi connectivity index (χ3n) is 2.82. The van der Waals surface area contributed by atoms with Gasteiger partial charge in [-0.15, -0.1) is 0 Å². The summed E-state index contributed by atoms with van der Waals surface area (Å²) >= 11 is 0. The van der Waals surface area contributed by atoms with Gasteiger partial charge in [0.1, 0.15) is 0 Å². The molecular weight excluding hydrogens is 198 g/mol. The minimum Gasteiger partial charge on any atom is -0.309 e. The van der Waals surface area contributed by atoms with E-state index in [0.717, 1.165) is 25.9 Å². The zero-order chi connectivity index (χ0) is 12.1. The summed E-state index contributed by atoms with van der Waals surface area (Å²) in [5.41, 5.74) is 2.67. The Labute approximate surface area is 99.4 Å². The van der Waals surface area contributed by atoms with Crippen molar-refractivity contribution in [1.82, 2.24) is 14.7 Å². The molecule has 0 bridgehead atoms. The summed E-state index contributed by atoms with van der Waals surface area (Å²) in [6, 6.07) is 0. The molecule has 0 aliphatic carbocycles. The fourth-order valence-electron chi connectivity index (χ4n) is 1.90. The van der Waals surface area contributed by atoms with Gasteiger partial charge >= 0.3 is 0 Å². The molecule has 92 valence electrons. The highest BCUT2D eigenvalue weighted by Gasteiger charge is 2.10. The molecule has 0 amide bonds. The molecule has 0 N–H and O–H groups in total. The molecule has 0 radical (unpaired) electrons. The van der Waals surface area contributed by atoms with Crippen molar-refractivity contribution in [3.63, 3.8) is 0 Å². The van der Waals surface area contributed by atoms with Gasteiger partial charge in [-0.1, -0.05) is 20.8 Å². The van der Waals surface area contributed by atoms with Gasteiger partial charge in [0, 0.05) is 12.7 Å². The van der Waals surface area contributed by atoms with Crippen molar-refractivity contribution < 1.29 is 0 Å². The lowest BCUT2D eigenvalue weighted by Gasteiger charge is -2.08. The fraction of sp³-hybridized carbons (Fsp3) is 0.769. The summed E-state index contributed by atoms with van der Waals surface area (Å²) in [5, 5.41) is 4.64. The lowest BCUT2D eigenvalue weighted by Crippen LogP contribution is -2.15. The third-order valence-corrected chi connectivity index (χ3v) is 2.82. The molecule has 0 spiro atoms. The molecule has 0 fully saturated rings. The van der Waals surface area contributed by atoms with E-state index in [9.17, 15) is 0 Å². The average Bonchev–Trinajstić information content (AvgIpc) is 2.60. The Balaban J connectivity index is 2.60. The Kier molecular flexibility index (Phi) is 5.00. The van der Waals surface area contributed by atoms with Crippen LogP contribution in [0.25, 0.3) is 0 Å². The number of aromatic nitrogens is 2. The largest absolute Gasteiger partial charge is 0.309 e. The maximum Gasteiger partial charge on any atom is 0.0656 e. The predicted molar refractivity (Wildman–Crippen MR) is 68.9 cm³/mol. The van der Waals surface area contributed by atoms with Crippen LogP contribution in [0.3, 0.4) is 0 Å². The smallest absolute Gasteiger partial charge is 0.0656 e. The van der Waals surface area contributed by atoms with Crippen molar-refractivity contribution in [2.75, 3.05) is 20.6 Å². The molecule has 1 aromatic rings. The van der Waals surface area contributed by atoms with Crippen molar-refractivity contribution in [2.45, 2.75) is 46.1 Å². The highest BCUT2D eigenvalue weighted by Crippen LogP contribution is 2.18. The van der Waals surface area contributed by atoms with Gasteiger partial charge in [-0.05, 0) is 45.0 Å². The van der Waals surface area contributed by atoms with Crippen LogP contribution in [-0.4, -0.2) is 35.3 Å². The van der Waals surface area contributed by atoms with Crippen LogP contribution >= 0.6 is 0 Å². The molecule has 0 aromatic carbocycles. The molecule has 3 nitrogen and oxygen atoms in total. The van der Waals surface area contributed by atoms with E-state index in [1.54, 1.807) is 0 Å². The summed E-state index contributed by atoms with van der Waals surface area (Å²) < 4.78 is 2.11. The van der Waals surface area contributed by atoms with Crippen molar-refractivity contribution >= 4 is 0 Å². The van der Waals surface area contributed by atoms with Crippen LogP contribution in [0.15, 0.2) is 6.20 Å². The molecule has 16 heavy (non-hydrogen) atoms. The second-order valence-electron chi connectivity index (χ2n) is 4.96. The zero-order valence-electron chi connectivity index (χ0n) is 11.3. The van der Waals surface area contributed by atoms with E-state index in [-0.39, 0.29) is 0 Å². The highest BCUT2D eigenvalue weighted by molar-refractivity contribution is 5.20. The number of hydrogen-bond acceptors (Lipinski definition) is 2. The first-order valence-electron chi connectivity index (χ1n) is 6.25. The van der Waals surface area contributed by atoms with E-state index in [4.69, 9.17) is 0 Å². The number of aryl methyl sites for hydroxylation is 2. The highest BCUT2D eigenvalue weighted by atomic mass is 15.3. The van der Waals surface area contributed by atoms with Gasteiger partial charge in [-0.2, -0.15) is 5.10 Å². The van der Waals surface area contributed by atoms with Gasteiger partial charge in [0.2, 0.25) is 0 Å². The molecule has 3 heteroatoms. The minimum absolute atomic E-state index is 0.581. The summed E-state index contributed by atoms with van der Waals surface area (Å²) in [7, 11) is 4.22. The second-order valence-corrected chi connectivity index (χ2v) is 4.96. The minimum atomic E-state index is 0.581. The molecule has 1 heterocycles. The first-order chi connectivity index (χ1) is 7.54. The summed E-state index contributed by atoms with van der Waals surface area (Å²) in [6.45, 7) is 8.80. The molecule has 0 aliphatic heterocycles. The van der Waals surface area contributed by atoms with Crippen LogP contribution in [0.2, 0.25) is 0 Å². The summed E-state index contributed by atoms with van der Waals surface area (Å²) in [6.07, 6.45) is 4.42. The van der Waals surface area contributed by atoms with Crippen LogP contribution in [0.1, 0.15) is 44.4 Å². The standard InChI is InChI=1S/C13H25N3/c1-6-13-12(11(2)3)10-16(14-13)9-7-8-15(4)5/h10-11H,6-9H2,1-5H3. The Bertz CT molecular complexity index is 313. The number of hydrogen-bond donors (Lipinski definition) is 0. The van der Waals surface area contributed by atoms with Crippen molar-refractivity contribution in [2.24, 2.45) is 0 Å². The Hall–Kier alpha value is -0.830. The first kappa shape index (κ1) is 13.2. The van der Waals surface area contributed by atoms with Gasteiger partial charge in [0.15, 0.2) is 0 Å². The second kappa shape index (κ2) is 6.04. The van der Waals surface area contributed by atoms with Crippen molar-refractivity contribution in [3.05, 3.63) is 17.5 Å². The summed E-state index contributed by atoms with van der Waals surface area (Å²) in [4.78, 5) is 2.22. The Morgan fingerprint density at radius 3 is 2.50 bits per heavy atom. The van der Waals surface area contributed by atoms with Gasteiger partial charge in [0.05, 0.1) is 5.69 Å². The van der Waals surface area contributed by atoms with Crippen LogP contribution in [0.4, 0.5) is 0 Å². The van der Waals surface area contributed by atoms with E-state index in [2.05, 4.69) is 55.7 Å². The quantitative estimate of drug-likeness (QED) is 0.739. The van der Waals surface area contributed by atoms with E-state index >= 15 is 0 Å². The monoisotopic (exact) mass is 223 g/mol. The lowest BCUT2D eigenvalue weighted by molar-refractivity contribution is 0.380. The molecule has 0 aliphatic rings. The zero-order valence-corrected chi connectivity index (χ0v) is 11.3. The molecule has 0 saturated heterocycles. The Morgan fingerprint density at radius 2 is 2.06 bits per heavy atom. The first-order valence-corrected chi connectivity index (χ1v) is 6.25. The van der Waals surface area contributed by atoms with E-state index < -0.39 is 0 Å². The van der Waals surface area contributed by atoms with Gasteiger partial charge < -0.3 is 4.90 Å². The predicted octanol–water partition coefficient (Wildman–Crippen LogP) is 2.52. The van der Waals surface area contributed by atoms with Crippen LogP contribution < -0.4 is 0 Å². The van der Waals surface area contributed by atoms with E-state index in [1.165, 1.54) is 11.3 Å². The SMILES string of the molecule is CCc1nn(CCCN(C)C)cc1C(C)C. The van der Waals surface area contributed by atoms with Gasteiger partial charge in [0.25, 0.3) is 0 Å². The molecule has 1 rings (SSSR count). The molecule has 0 unspecified atom stereocenters. The van der Waals surface area contributed by atoms with Crippen LogP contribution in [-0.2, 0) is 13.0 Å². The number of rotatable bonds is 6. The topological polar surface area (TPSA) is 21.1 Å². The third kappa shape index (κ3) is 3.63. The fourth-order valence-corrected chi connectivity index (χ4v) is 1.90. The lowest BCUT2D eigenvalue weighted by atomic mass is 10.0. The maximum absolute atomic E-state index is 4.64. The molecule has 0 saturated carbocycles. The Morgan fingerprint density at radius 1 is 1.38 bits per heavy atom. The van der Waals surface area contributed by atoms with Crippen molar-refractivity contribution in [1.29, 1.82) is 0 Å². The van der Waals surface area contributed by atoms with Gasteiger partial charge in [-0.3, -0.25) is 4.68 Å². The molecular formula is C13H25N3.